The predicted octanol–water partition coefficient (Wildman–Crippen LogP) is 2.14. The van der Waals surface area contributed by atoms with Crippen molar-refractivity contribution in [3.05, 3.63) is 29.8 Å². The van der Waals surface area contributed by atoms with E-state index in [2.05, 4.69) is 5.32 Å². The first-order valence-corrected chi connectivity index (χ1v) is 6.71. The quantitative estimate of drug-likeness (QED) is 0.726. The number of rotatable bonds is 2. The summed E-state index contributed by atoms with van der Waals surface area (Å²) in [4.78, 5) is -0.204. The minimum Gasteiger partial charge on any atom is -0.507 e. The van der Waals surface area contributed by atoms with Gasteiger partial charge in [-0.2, -0.15) is 8.42 Å². The molecule has 3 N–H and O–H groups in total. The molecule has 0 aliphatic heterocycles. The lowest BCUT2D eigenvalue weighted by atomic mass is 10.0. The number of fused-ring (bicyclic) bond motifs is 1. The molecule has 0 aromatic heterocycles. The van der Waals surface area contributed by atoms with Crippen molar-refractivity contribution in [1.82, 2.24) is 0 Å². The molecule has 2 aromatic carbocycles. The van der Waals surface area contributed by atoms with Crippen LogP contribution in [0.2, 0.25) is 0 Å². The minimum atomic E-state index is -4.33. The van der Waals surface area contributed by atoms with Crippen LogP contribution in [0.25, 0.3) is 10.8 Å². The fourth-order valence-electron chi connectivity index (χ4n) is 2.09. The molecule has 0 saturated carbocycles. The molecular formula is C12H13NO4S. The van der Waals surface area contributed by atoms with Gasteiger partial charge in [0.1, 0.15) is 10.6 Å². The van der Waals surface area contributed by atoms with Crippen molar-refractivity contribution in [2.45, 2.75) is 11.8 Å². The summed E-state index contributed by atoms with van der Waals surface area (Å²) in [6, 6.07) is 5.92. The van der Waals surface area contributed by atoms with Crippen LogP contribution in [0.3, 0.4) is 0 Å². The van der Waals surface area contributed by atoms with Crippen LogP contribution in [0.5, 0.6) is 5.75 Å². The number of anilines is 1. The zero-order valence-electron chi connectivity index (χ0n) is 9.93. The smallest absolute Gasteiger partial charge is 0.295 e. The highest BCUT2D eigenvalue weighted by molar-refractivity contribution is 7.86. The summed E-state index contributed by atoms with van der Waals surface area (Å²) in [5, 5.41) is 13.5. The topological polar surface area (TPSA) is 86.6 Å². The lowest BCUT2D eigenvalue weighted by Gasteiger charge is -2.13. The molecule has 0 heterocycles. The third kappa shape index (κ3) is 1.89. The average molecular weight is 267 g/mol. The highest BCUT2D eigenvalue weighted by Crippen LogP contribution is 2.37. The number of phenolic OH excluding ortho intramolecular Hbond substituents is 1. The van der Waals surface area contributed by atoms with Crippen molar-refractivity contribution < 1.29 is 18.1 Å². The molecule has 0 unspecified atom stereocenters. The molecule has 2 aromatic rings. The van der Waals surface area contributed by atoms with E-state index >= 15 is 0 Å². The molecule has 0 bridgehead atoms. The summed E-state index contributed by atoms with van der Waals surface area (Å²) < 4.78 is 32.0. The van der Waals surface area contributed by atoms with Crippen LogP contribution in [0.4, 0.5) is 5.69 Å². The first-order chi connectivity index (χ1) is 8.36. The molecule has 0 atom stereocenters. The average Bonchev–Trinajstić information content (AvgIpc) is 2.28. The van der Waals surface area contributed by atoms with Gasteiger partial charge >= 0.3 is 0 Å². The fraction of sp³-hybridized carbons (Fsp3) is 0.167. The molecule has 6 heteroatoms. The number of aromatic hydroxyl groups is 1. The second kappa shape index (κ2) is 4.15. The van der Waals surface area contributed by atoms with Gasteiger partial charge in [0.15, 0.2) is 0 Å². The van der Waals surface area contributed by atoms with Crippen LogP contribution in [-0.2, 0) is 10.1 Å². The van der Waals surface area contributed by atoms with Crippen LogP contribution in [-0.4, -0.2) is 25.1 Å². The monoisotopic (exact) mass is 267 g/mol. The van der Waals surface area contributed by atoms with Crippen molar-refractivity contribution in [1.29, 1.82) is 0 Å². The van der Waals surface area contributed by atoms with Crippen LogP contribution >= 0.6 is 0 Å². The van der Waals surface area contributed by atoms with E-state index < -0.39 is 10.1 Å². The summed E-state index contributed by atoms with van der Waals surface area (Å²) >= 11 is 0. The molecule has 0 radical (unpaired) electrons. The molecule has 2 rings (SSSR count). The number of hydrogen-bond acceptors (Lipinski definition) is 4. The molecule has 5 nitrogen and oxygen atoms in total. The summed E-state index contributed by atoms with van der Waals surface area (Å²) in [6.07, 6.45) is 0. The Hall–Kier alpha value is -1.79. The Balaban J connectivity index is 3.07. The lowest BCUT2D eigenvalue weighted by Crippen LogP contribution is -2.02. The Morgan fingerprint density at radius 2 is 1.94 bits per heavy atom. The van der Waals surface area contributed by atoms with E-state index in [0.717, 1.165) is 0 Å². The zero-order valence-corrected chi connectivity index (χ0v) is 10.7. The Bertz CT molecular complexity index is 722. The highest BCUT2D eigenvalue weighted by Gasteiger charge is 2.19. The Kier molecular flexibility index (Phi) is 2.92. The van der Waals surface area contributed by atoms with Gasteiger partial charge in [-0.1, -0.05) is 12.1 Å². The molecule has 0 amide bonds. The van der Waals surface area contributed by atoms with Crippen molar-refractivity contribution in [2.24, 2.45) is 0 Å². The number of nitrogens with one attached hydrogen (secondary N) is 1. The first-order valence-electron chi connectivity index (χ1n) is 5.27. The van der Waals surface area contributed by atoms with E-state index in [1.165, 1.54) is 18.2 Å². The van der Waals surface area contributed by atoms with Gasteiger partial charge < -0.3 is 10.4 Å². The summed E-state index contributed by atoms with van der Waals surface area (Å²) in [5.74, 6) is -0.0366. The molecule has 96 valence electrons. The molecule has 0 saturated heterocycles. The van der Waals surface area contributed by atoms with E-state index in [1.54, 1.807) is 20.0 Å². The largest absolute Gasteiger partial charge is 0.507 e. The Morgan fingerprint density at radius 3 is 2.50 bits per heavy atom. The van der Waals surface area contributed by atoms with Crippen LogP contribution in [0, 0.1) is 6.92 Å². The van der Waals surface area contributed by atoms with Crippen molar-refractivity contribution in [2.75, 3.05) is 12.4 Å². The number of hydrogen-bond donors (Lipinski definition) is 3. The van der Waals surface area contributed by atoms with Crippen LogP contribution in [0.15, 0.2) is 29.2 Å². The maximum atomic E-state index is 11.4. The van der Waals surface area contributed by atoms with E-state index in [9.17, 15) is 18.1 Å². The molecule has 0 spiro atoms. The van der Waals surface area contributed by atoms with Crippen molar-refractivity contribution >= 4 is 26.6 Å². The maximum absolute atomic E-state index is 11.4. The zero-order chi connectivity index (χ0) is 13.5. The molecular weight excluding hydrogens is 254 g/mol. The van der Waals surface area contributed by atoms with Crippen molar-refractivity contribution in [3.8, 4) is 5.75 Å². The molecule has 0 aliphatic rings. The van der Waals surface area contributed by atoms with Crippen LogP contribution < -0.4 is 5.32 Å². The summed E-state index contributed by atoms with van der Waals surface area (Å²) in [5.41, 5.74) is 1.26. The van der Waals surface area contributed by atoms with Gasteiger partial charge in [-0.15, -0.1) is 0 Å². The van der Waals surface area contributed by atoms with E-state index in [1.807, 2.05) is 0 Å². The van der Waals surface area contributed by atoms with Gasteiger partial charge in [-0.05, 0) is 24.6 Å². The third-order valence-electron chi connectivity index (χ3n) is 2.83. The third-order valence-corrected chi connectivity index (χ3v) is 3.72. The molecule has 0 aliphatic carbocycles. The van der Waals surface area contributed by atoms with Gasteiger partial charge in [0.2, 0.25) is 0 Å². The second-order valence-corrected chi connectivity index (χ2v) is 5.38. The van der Waals surface area contributed by atoms with E-state index in [0.29, 0.717) is 16.6 Å². The first kappa shape index (κ1) is 12.7. The Morgan fingerprint density at radius 1 is 1.28 bits per heavy atom. The molecule has 0 fully saturated rings. The SMILES string of the molecule is CNc1c(C)cc(S(=O)(=O)O)c2cccc(O)c12. The standard InChI is InChI=1S/C12H13NO4S/c1-7-6-10(18(15,16)17)8-4-3-5-9(14)11(8)12(7)13-2/h3-6,13-14H,1-2H3,(H,15,16,17). The highest BCUT2D eigenvalue weighted by atomic mass is 32.2. The van der Waals surface area contributed by atoms with Gasteiger partial charge in [-0.25, -0.2) is 0 Å². The predicted molar refractivity (Wildman–Crippen MR) is 69.7 cm³/mol. The van der Waals surface area contributed by atoms with Crippen LogP contribution in [0.1, 0.15) is 5.56 Å². The Labute approximate surface area is 105 Å². The van der Waals surface area contributed by atoms with Gasteiger partial charge in [-0.3, -0.25) is 4.55 Å². The number of benzene rings is 2. The summed E-state index contributed by atoms with van der Waals surface area (Å²) in [7, 11) is -2.65. The van der Waals surface area contributed by atoms with Gasteiger partial charge in [0, 0.05) is 23.5 Å². The van der Waals surface area contributed by atoms with E-state index in [4.69, 9.17) is 0 Å². The van der Waals surface area contributed by atoms with E-state index in [-0.39, 0.29) is 16.0 Å². The normalized spacial score (nSPS) is 11.7. The lowest BCUT2D eigenvalue weighted by molar-refractivity contribution is 0.481. The molecule has 18 heavy (non-hydrogen) atoms. The minimum absolute atomic E-state index is 0.0366. The number of phenols is 1. The van der Waals surface area contributed by atoms with Crippen molar-refractivity contribution in [3.63, 3.8) is 0 Å². The fourth-order valence-corrected chi connectivity index (χ4v) is 2.86. The maximum Gasteiger partial charge on any atom is 0.295 e. The van der Waals surface area contributed by atoms with Gasteiger partial charge in [0.05, 0.1) is 0 Å². The second-order valence-electron chi connectivity index (χ2n) is 3.99. The number of aryl methyl sites for hydroxylation is 1. The summed E-state index contributed by atoms with van der Waals surface area (Å²) in [6.45, 7) is 1.70. The van der Waals surface area contributed by atoms with Gasteiger partial charge in [0.25, 0.3) is 10.1 Å².